The Bertz CT molecular complexity index is 1170. The Kier molecular flexibility index (Phi) is 7.02. The number of nitrogens with one attached hydrogen (secondary N) is 2. The van der Waals surface area contributed by atoms with Crippen LogP contribution in [0.3, 0.4) is 0 Å². The molecule has 0 saturated heterocycles. The maximum atomic E-state index is 12.7. The second-order valence-corrected chi connectivity index (χ2v) is 7.63. The molecule has 162 valence electrons. The summed E-state index contributed by atoms with van der Waals surface area (Å²) in [6.07, 6.45) is 6.37. The van der Waals surface area contributed by atoms with E-state index in [2.05, 4.69) is 15.3 Å². The first-order chi connectivity index (χ1) is 14.8. The summed E-state index contributed by atoms with van der Waals surface area (Å²) in [4.78, 5) is 45.7. The first-order valence-corrected chi connectivity index (χ1v) is 10.2. The summed E-state index contributed by atoms with van der Waals surface area (Å²) in [5.74, 6) is 0.348. The number of unbranched alkanes of at least 4 members (excludes halogenated alkanes) is 1. The van der Waals surface area contributed by atoms with Gasteiger partial charge >= 0.3 is 0 Å². The van der Waals surface area contributed by atoms with Gasteiger partial charge in [0.25, 0.3) is 5.56 Å². The Morgan fingerprint density at radius 1 is 1.26 bits per heavy atom. The van der Waals surface area contributed by atoms with Crippen LogP contribution in [0.15, 0.2) is 53.5 Å². The van der Waals surface area contributed by atoms with Crippen LogP contribution in [0.25, 0.3) is 11.0 Å². The summed E-state index contributed by atoms with van der Waals surface area (Å²) in [5.41, 5.74) is 2.85. The van der Waals surface area contributed by atoms with Gasteiger partial charge in [-0.3, -0.25) is 14.4 Å². The number of carbonyl (C=O) groups is 2. The Morgan fingerprint density at radius 2 is 2.06 bits per heavy atom. The molecule has 0 saturated carbocycles. The van der Waals surface area contributed by atoms with Gasteiger partial charge in [0.15, 0.2) is 0 Å². The molecule has 0 spiro atoms. The number of rotatable bonds is 8. The molecule has 2 heterocycles. The van der Waals surface area contributed by atoms with Crippen LogP contribution < -0.4 is 10.9 Å². The molecule has 0 unspecified atom stereocenters. The molecule has 8 heteroatoms. The third-order valence-corrected chi connectivity index (χ3v) is 4.78. The zero-order valence-corrected chi connectivity index (χ0v) is 18.0. The smallest absolute Gasteiger partial charge is 0.274 e. The van der Waals surface area contributed by atoms with Gasteiger partial charge in [0, 0.05) is 26.7 Å². The number of likely N-dealkylation sites (N-methyl/N-ethyl adjacent to an activating group) is 1. The van der Waals surface area contributed by atoms with Crippen molar-refractivity contribution < 1.29 is 9.59 Å². The van der Waals surface area contributed by atoms with Crippen LogP contribution >= 0.6 is 0 Å². The highest BCUT2D eigenvalue weighted by molar-refractivity contribution is 5.90. The van der Waals surface area contributed by atoms with Crippen molar-refractivity contribution in [1.29, 1.82) is 0 Å². The van der Waals surface area contributed by atoms with Crippen molar-refractivity contribution in [2.24, 2.45) is 0 Å². The maximum absolute atomic E-state index is 12.7. The molecule has 31 heavy (non-hydrogen) atoms. The third kappa shape index (κ3) is 5.91. The average Bonchev–Trinajstić information content (AvgIpc) is 3.11. The van der Waals surface area contributed by atoms with Gasteiger partial charge in [0.1, 0.15) is 11.5 Å². The number of pyridine rings is 1. The number of carbonyl (C=O) groups excluding carboxylic acids is 2. The van der Waals surface area contributed by atoms with E-state index in [9.17, 15) is 14.4 Å². The molecule has 2 aromatic heterocycles. The second-order valence-electron chi connectivity index (χ2n) is 7.63. The van der Waals surface area contributed by atoms with Crippen LogP contribution in [-0.4, -0.2) is 45.3 Å². The van der Waals surface area contributed by atoms with Gasteiger partial charge < -0.3 is 19.8 Å². The zero-order chi connectivity index (χ0) is 22.4. The highest BCUT2D eigenvalue weighted by atomic mass is 16.2. The van der Waals surface area contributed by atoms with Gasteiger partial charge in [-0.25, -0.2) is 4.98 Å². The van der Waals surface area contributed by atoms with Gasteiger partial charge in [-0.05, 0) is 55.7 Å². The number of H-pyrrole nitrogens is 1. The van der Waals surface area contributed by atoms with Crippen LogP contribution in [0.4, 0.5) is 5.69 Å². The van der Waals surface area contributed by atoms with Gasteiger partial charge in [-0.1, -0.05) is 12.1 Å². The molecule has 2 amide bonds. The van der Waals surface area contributed by atoms with Crippen LogP contribution in [0.5, 0.6) is 0 Å². The fourth-order valence-electron chi connectivity index (χ4n) is 3.10. The maximum Gasteiger partial charge on any atom is 0.274 e. The number of anilines is 1. The number of nitrogens with zero attached hydrogens (tertiary/aromatic N) is 3. The monoisotopic (exact) mass is 421 g/mol. The molecular formula is C23H27N5O3. The van der Waals surface area contributed by atoms with Crippen LogP contribution in [0.1, 0.15) is 30.7 Å². The number of imidazole rings is 1. The molecule has 0 radical (unpaired) electrons. The minimum Gasteiger partial charge on any atom is -0.345 e. The summed E-state index contributed by atoms with van der Waals surface area (Å²) in [5, 5.41) is 2.69. The lowest BCUT2D eigenvalue weighted by atomic mass is 10.2. The number of aromatic nitrogens is 3. The zero-order valence-electron chi connectivity index (χ0n) is 18.0. The third-order valence-electron chi connectivity index (χ3n) is 4.78. The highest BCUT2D eigenvalue weighted by Crippen LogP contribution is 2.14. The van der Waals surface area contributed by atoms with E-state index < -0.39 is 0 Å². The van der Waals surface area contributed by atoms with Crippen molar-refractivity contribution in [3.63, 3.8) is 0 Å². The SMILES string of the molecule is Cc1ccc2nc(Cn3cccc(NC(=O)CCC/C=C/C(=O)N(C)C)c3=O)[nH]c2c1. The molecule has 3 rings (SSSR count). The van der Waals surface area contributed by atoms with Crippen molar-refractivity contribution in [2.75, 3.05) is 19.4 Å². The quantitative estimate of drug-likeness (QED) is 0.431. The number of fused-ring (bicyclic) bond motifs is 1. The first-order valence-electron chi connectivity index (χ1n) is 10.2. The predicted octanol–water partition coefficient (Wildman–Crippen LogP) is 2.83. The molecule has 0 bridgehead atoms. The van der Waals surface area contributed by atoms with E-state index in [-0.39, 0.29) is 36.0 Å². The summed E-state index contributed by atoms with van der Waals surface area (Å²) in [6, 6.07) is 9.26. The molecule has 0 aliphatic rings. The summed E-state index contributed by atoms with van der Waals surface area (Å²) in [6.45, 7) is 2.29. The lowest BCUT2D eigenvalue weighted by molar-refractivity contribution is -0.123. The van der Waals surface area contributed by atoms with Gasteiger partial charge in [-0.2, -0.15) is 0 Å². The van der Waals surface area contributed by atoms with Crippen molar-refractivity contribution >= 4 is 28.5 Å². The largest absolute Gasteiger partial charge is 0.345 e. The fourth-order valence-corrected chi connectivity index (χ4v) is 3.10. The van der Waals surface area contributed by atoms with E-state index in [4.69, 9.17) is 0 Å². The summed E-state index contributed by atoms with van der Waals surface area (Å²) in [7, 11) is 3.36. The highest BCUT2D eigenvalue weighted by Gasteiger charge is 2.10. The first kappa shape index (κ1) is 22.0. The molecule has 8 nitrogen and oxygen atoms in total. The fraction of sp³-hybridized carbons (Fsp3) is 0.304. The average molecular weight is 422 g/mol. The number of allylic oxidation sites excluding steroid dienone is 1. The van der Waals surface area contributed by atoms with E-state index >= 15 is 0 Å². The van der Waals surface area contributed by atoms with Crippen molar-refractivity contribution in [2.45, 2.75) is 32.7 Å². The lowest BCUT2D eigenvalue weighted by Crippen LogP contribution is -2.26. The normalized spacial score (nSPS) is 11.2. The van der Waals surface area contributed by atoms with E-state index in [1.807, 2.05) is 25.1 Å². The number of aryl methyl sites for hydroxylation is 1. The Balaban J connectivity index is 1.59. The number of hydrogen-bond donors (Lipinski definition) is 2. The Labute approximate surface area is 180 Å². The summed E-state index contributed by atoms with van der Waals surface area (Å²) >= 11 is 0. The molecule has 3 aromatic rings. The molecular weight excluding hydrogens is 394 g/mol. The number of aromatic amines is 1. The van der Waals surface area contributed by atoms with E-state index in [1.165, 1.54) is 15.5 Å². The predicted molar refractivity (Wildman–Crippen MR) is 121 cm³/mol. The number of benzene rings is 1. The Hall–Kier alpha value is -3.68. The van der Waals surface area contributed by atoms with Crippen molar-refractivity contribution in [3.05, 3.63) is 70.4 Å². The number of hydrogen-bond acceptors (Lipinski definition) is 4. The molecule has 0 aliphatic carbocycles. The number of amides is 2. The minimum absolute atomic E-state index is 0.0890. The van der Waals surface area contributed by atoms with E-state index in [1.54, 1.807) is 38.5 Å². The molecule has 1 aromatic carbocycles. The molecule has 2 N–H and O–H groups in total. The summed E-state index contributed by atoms with van der Waals surface area (Å²) < 4.78 is 1.51. The van der Waals surface area contributed by atoms with E-state index in [0.29, 0.717) is 18.7 Å². The van der Waals surface area contributed by atoms with Gasteiger partial charge in [0.05, 0.1) is 17.6 Å². The van der Waals surface area contributed by atoms with Crippen LogP contribution in [0.2, 0.25) is 0 Å². The van der Waals surface area contributed by atoms with Crippen molar-refractivity contribution in [3.8, 4) is 0 Å². The standard InChI is InChI=1S/C23H27N5O3/c1-16-11-12-17-19(14-16)25-20(24-17)15-28-13-7-8-18(23(28)31)26-21(29)9-5-4-6-10-22(30)27(2)3/h6-8,10-14H,4-5,9,15H2,1-3H3,(H,24,25)(H,26,29)/b10-6+. The molecule has 0 aliphatic heterocycles. The van der Waals surface area contributed by atoms with Crippen LogP contribution in [0, 0.1) is 6.92 Å². The minimum atomic E-state index is -0.288. The van der Waals surface area contributed by atoms with Gasteiger partial charge in [-0.15, -0.1) is 0 Å². The second kappa shape index (κ2) is 9.88. The van der Waals surface area contributed by atoms with Crippen molar-refractivity contribution in [1.82, 2.24) is 19.4 Å². The Morgan fingerprint density at radius 3 is 2.84 bits per heavy atom. The molecule has 0 atom stereocenters. The molecule has 0 fully saturated rings. The lowest BCUT2D eigenvalue weighted by Gasteiger charge is -2.08. The van der Waals surface area contributed by atoms with Gasteiger partial charge in [0.2, 0.25) is 11.8 Å². The topological polar surface area (TPSA) is 100 Å². The van der Waals surface area contributed by atoms with E-state index in [0.717, 1.165) is 16.6 Å². The van der Waals surface area contributed by atoms with Crippen LogP contribution in [-0.2, 0) is 16.1 Å².